The Bertz CT molecular complexity index is 808. The molecule has 0 spiro atoms. The zero-order valence-corrected chi connectivity index (χ0v) is 16.7. The Hall–Kier alpha value is -2.93. The van der Waals surface area contributed by atoms with Crippen LogP contribution in [-0.2, 0) is 13.1 Å². The number of hydrogen-bond donors (Lipinski definition) is 2. The highest BCUT2D eigenvalue weighted by Crippen LogP contribution is 2.32. The fourth-order valence-corrected chi connectivity index (χ4v) is 2.73. The Morgan fingerprint density at radius 3 is 2.54 bits per heavy atom. The van der Waals surface area contributed by atoms with Crippen LogP contribution in [0.15, 0.2) is 47.5 Å². The lowest BCUT2D eigenvalue weighted by Crippen LogP contribution is -2.36. The number of ether oxygens (including phenoxy) is 3. The van der Waals surface area contributed by atoms with Crippen LogP contribution in [0.4, 0.5) is 0 Å². The molecule has 0 saturated heterocycles. The molecule has 2 aromatic carbocycles. The maximum atomic E-state index is 5.80. The number of rotatable bonds is 8. The van der Waals surface area contributed by atoms with Gasteiger partial charge in [0, 0.05) is 26.7 Å². The molecule has 0 bridgehead atoms. The minimum atomic E-state index is 0.285. The summed E-state index contributed by atoms with van der Waals surface area (Å²) in [4.78, 5) is 6.38. The van der Waals surface area contributed by atoms with Gasteiger partial charge in [-0.25, -0.2) is 0 Å². The van der Waals surface area contributed by atoms with Gasteiger partial charge >= 0.3 is 0 Å². The molecule has 0 atom stereocenters. The van der Waals surface area contributed by atoms with E-state index in [2.05, 4.69) is 26.6 Å². The van der Waals surface area contributed by atoms with E-state index in [9.17, 15) is 0 Å². The second-order valence-electron chi connectivity index (χ2n) is 6.77. The summed E-state index contributed by atoms with van der Waals surface area (Å²) < 4.78 is 16.6. The number of guanidine groups is 1. The van der Waals surface area contributed by atoms with Gasteiger partial charge in [0.15, 0.2) is 17.5 Å². The van der Waals surface area contributed by atoms with Crippen LogP contribution < -0.4 is 24.8 Å². The molecule has 1 aliphatic rings. The van der Waals surface area contributed by atoms with Crippen LogP contribution in [0.3, 0.4) is 0 Å². The van der Waals surface area contributed by atoms with Crippen molar-refractivity contribution in [3.63, 3.8) is 0 Å². The third-order valence-electron chi connectivity index (χ3n) is 4.29. The monoisotopic (exact) mass is 384 g/mol. The molecular formula is C21H28N4O3. The molecule has 0 saturated carbocycles. The van der Waals surface area contributed by atoms with Crippen molar-refractivity contribution in [2.45, 2.75) is 13.1 Å². The summed E-state index contributed by atoms with van der Waals surface area (Å²) in [5.74, 6) is 3.19. The van der Waals surface area contributed by atoms with E-state index in [0.29, 0.717) is 19.7 Å². The zero-order valence-electron chi connectivity index (χ0n) is 16.7. The van der Waals surface area contributed by atoms with Crippen LogP contribution in [0.5, 0.6) is 17.2 Å². The quantitative estimate of drug-likeness (QED) is 0.537. The number of aliphatic imine (C=N–C) groups is 1. The molecule has 7 nitrogen and oxygen atoms in total. The van der Waals surface area contributed by atoms with Gasteiger partial charge in [0.25, 0.3) is 0 Å². The minimum absolute atomic E-state index is 0.285. The van der Waals surface area contributed by atoms with Crippen LogP contribution in [0.1, 0.15) is 11.1 Å². The molecule has 0 amide bonds. The summed E-state index contributed by atoms with van der Waals surface area (Å²) in [5, 5.41) is 6.64. The van der Waals surface area contributed by atoms with E-state index >= 15 is 0 Å². The number of benzene rings is 2. The van der Waals surface area contributed by atoms with Crippen LogP contribution in [0.2, 0.25) is 0 Å². The maximum absolute atomic E-state index is 5.80. The largest absolute Gasteiger partial charge is 0.492 e. The first kappa shape index (κ1) is 19.8. The van der Waals surface area contributed by atoms with Gasteiger partial charge in [0.05, 0.1) is 0 Å². The van der Waals surface area contributed by atoms with E-state index in [1.54, 1.807) is 7.05 Å². The van der Waals surface area contributed by atoms with E-state index in [-0.39, 0.29) is 6.79 Å². The highest BCUT2D eigenvalue weighted by Gasteiger charge is 2.13. The molecule has 3 rings (SSSR count). The molecule has 0 radical (unpaired) electrons. The van der Waals surface area contributed by atoms with Crippen LogP contribution in [0.25, 0.3) is 0 Å². The first-order valence-corrected chi connectivity index (χ1v) is 9.33. The fraction of sp³-hybridized carbons (Fsp3) is 0.381. The molecule has 28 heavy (non-hydrogen) atoms. The number of fused-ring (bicyclic) bond motifs is 1. The summed E-state index contributed by atoms with van der Waals surface area (Å²) >= 11 is 0. The third kappa shape index (κ3) is 5.79. The van der Waals surface area contributed by atoms with Crippen LogP contribution >= 0.6 is 0 Å². The lowest BCUT2D eigenvalue weighted by molar-refractivity contribution is 0.174. The number of nitrogens with zero attached hydrogens (tertiary/aromatic N) is 2. The molecule has 0 aliphatic carbocycles. The van der Waals surface area contributed by atoms with Crippen LogP contribution in [0, 0.1) is 0 Å². The summed E-state index contributed by atoms with van der Waals surface area (Å²) in [5.41, 5.74) is 2.23. The Morgan fingerprint density at radius 2 is 1.79 bits per heavy atom. The Labute approximate surface area is 166 Å². The highest BCUT2D eigenvalue weighted by atomic mass is 16.7. The SMILES string of the molecule is CN=C(NCc1cccc(OCCN(C)C)c1)NCc1ccc2c(c1)OCO2. The normalized spacial score (nSPS) is 12.9. The average Bonchev–Trinajstić information content (AvgIpc) is 3.16. The van der Waals surface area contributed by atoms with Crippen molar-refractivity contribution in [2.75, 3.05) is 41.1 Å². The standard InChI is InChI=1S/C21H28N4O3/c1-22-21(24-14-17-7-8-19-20(12-17)28-15-27-19)23-13-16-5-4-6-18(11-16)26-10-9-25(2)3/h4-8,11-12H,9-10,13-15H2,1-3H3,(H2,22,23,24). The second-order valence-corrected chi connectivity index (χ2v) is 6.77. The van der Waals surface area contributed by atoms with Crippen molar-refractivity contribution in [1.82, 2.24) is 15.5 Å². The maximum Gasteiger partial charge on any atom is 0.231 e. The van der Waals surface area contributed by atoms with Gasteiger partial charge in [0.1, 0.15) is 12.4 Å². The lowest BCUT2D eigenvalue weighted by Gasteiger charge is -2.14. The molecule has 150 valence electrons. The predicted molar refractivity (Wildman–Crippen MR) is 110 cm³/mol. The van der Waals surface area contributed by atoms with Crippen molar-refractivity contribution in [3.05, 3.63) is 53.6 Å². The smallest absolute Gasteiger partial charge is 0.231 e. The summed E-state index contributed by atoms with van der Waals surface area (Å²) in [6.45, 7) is 3.14. The minimum Gasteiger partial charge on any atom is -0.492 e. The van der Waals surface area contributed by atoms with Gasteiger partial charge in [-0.1, -0.05) is 18.2 Å². The second kappa shape index (κ2) is 9.85. The van der Waals surface area contributed by atoms with E-state index < -0.39 is 0 Å². The molecule has 7 heteroatoms. The number of hydrogen-bond acceptors (Lipinski definition) is 5. The highest BCUT2D eigenvalue weighted by molar-refractivity contribution is 5.79. The first-order chi connectivity index (χ1) is 13.6. The molecule has 0 aromatic heterocycles. The van der Waals surface area contributed by atoms with Gasteiger partial charge in [-0.3, -0.25) is 4.99 Å². The summed E-state index contributed by atoms with van der Waals surface area (Å²) in [6, 6.07) is 14.0. The zero-order chi connectivity index (χ0) is 19.8. The van der Waals surface area contributed by atoms with E-state index in [4.69, 9.17) is 14.2 Å². The molecule has 2 aromatic rings. The van der Waals surface area contributed by atoms with Gasteiger partial charge < -0.3 is 29.7 Å². The Morgan fingerprint density at radius 1 is 1.04 bits per heavy atom. The van der Waals surface area contributed by atoms with Crippen molar-refractivity contribution >= 4 is 5.96 Å². The van der Waals surface area contributed by atoms with Crippen molar-refractivity contribution in [2.24, 2.45) is 4.99 Å². The topological polar surface area (TPSA) is 67.4 Å². The van der Waals surface area contributed by atoms with Gasteiger partial charge in [-0.2, -0.15) is 0 Å². The van der Waals surface area contributed by atoms with Crippen molar-refractivity contribution < 1.29 is 14.2 Å². The molecule has 2 N–H and O–H groups in total. The molecular weight excluding hydrogens is 356 g/mol. The van der Waals surface area contributed by atoms with Gasteiger partial charge in [-0.05, 0) is 49.5 Å². The predicted octanol–water partition coefficient (Wildman–Crippen LogP) is 2.22. The fourth-order valence-electron chi connectivity index (χ4n) is 2.73. The lowest BCUT2D eigenvalue weighted by atomic mass is 10.2. The molecule has 0 unspecified atom stereocenters. The first-order valence-electron chi connectivity index (χ1n) is 9.33. The molecule has 1 heterocycles. The van der Waals surface area contributed by atoms with Crippen molar-refractivity contribution in [3.8, 4) is 17.2 Å². The number of nitrogens with one attached hydrogen (secondary N) is 2. The molecule has 1 aliphatic heterocycles. The molecule has 0 fully saturated rings. The van der Waals surface area contributed by atoms with E-state index in [0.717, 1.165) is 40.9 Å². The summed E-state index contributed by atoms with van der Waals surface area (Å²) in [7, 11) is 5.83. The van der Waals surface area contributed by atoms with Gasteiger partial charge in [0.2, 0.25) is 6.79 Å². The average molecular weight is 384 g/mol. The van der Waals surface area contributed by atoms with Crippen molar-refractivity contribution in [1.29, 1.82) is 0 Å². The van der Waals surface area contributed by atoms with Gasteiger partial charge in [-0.15, -0.1) is 0 Å². The Kier molecular flexibility index (Phi) is 6.97. The summed E-state index contributed by atoms with van der Waals surface area (Å²) in [6.07, 6.45) is 0. The Balaban J connectivity index is 1.47. The van der Waals surface area contributed by atoms with E-state index in [1.807, 2.05) is 50.5 Å². The number of likely N-dealkylation sites (N-methyl/N-ethyl adjacent to an activating group) is 1. The van der Waals surface area contributed by atoms with Crippen LogP contribution in [-0.4, -0.2) is 51.9 Å². The third-order valence-corrected chi connectivity index (χ3v) is 4.29. The van der Waals surface area contributed by atoms with E-state index in [1.165, 1.54) is 0 Å².